The van der Waals surface area contributed by atoms with Crippen LogP contribution in [0.3, 0.4) is 0 Å². The highest BCUT2D eigenvalue weighted by atomic mass is 32.2. The summed E-state index contributed by atoms with van der Waals surface area (Å²) in [6.45, 7) is 5.14. The molecule has 0 rings (SSSR count). The smallest absolute Gasteiger partial charge is 0.264 e. The van der Waals surface area contributed by atoms with Crippen LogP contribution < -0.4 is 0 Å². The van der Waals surface area contributed by atoms with E-state index in [9.17, 15) is 13.2 Å². The van der Waals surface area contributed by atoms with Crippen molar-refractivity contribution < 1.29 is 17.4 Å². The maximum Gasteiger partial charge on any atom is 0.264 e. The lowest BCUT2D eigenvalue weighted by molar-refractivity contribution is -0.128. The summed E-state index contributed by atoms with van der Waals surface area (Å²) in [5.41, 5.74) is -0.650. The molecule has 84 valence electrons. The number of Topliss-reactive ketones (excluding diaryl/α,β-unsaturated/α-hetero) is 1. The lowest BCUT2D eigenvalue weighted by Gasteiger charge is -2.27. The normalized spacial score (nSPS) is 12.9. The molecule has 0 saturated carbocycles. The van der Waals surface area contributed by atoms with E-state index in [0.29, 0.717) is 12.8 Å². The number of carbonyl (C=O) groups excluding carboxylic acids is 1. The fourth-order valence-corrected chi connectivity index (χ4v) is 1.71. The van der Waals surface area contributed by atoms with Crippen molar-refractivity contribution in [3.8, 4) is 0 Å². The second-order valence-electron chi connectivity index (χ2n) is 3.51. The Morgan fingerprint density at radius 2 is 1.71 bits per heavy atom. The molecule has 0 bridgehead atoms. The van der Waals surface area contributed by atoms with Crippen molar-refractivity contribution in [2.24, 2.45) is 5.41 Å². The molecule has 4 nitrogen and oxygen atoms in total. The summed E-state index contributed by atoms with van der Waals surface area (Å²) in [5.74, 6) is -0.0221. The fourth-order valence-electron chi connectivity index (χ4n) is 1.27. The number of hydrogen-bond donors (Lipinski definition) is 0. The van der Waals surface area contributed by atoms with Gasteiger partial charge in [0.25, 0.3) is 10.1 Å². The minimum atomic E-state index is -3.46. The molecule has 0 N–H and O–H groups in total. The molecule has 0 aliphatic heterocycles. The van der Waals surface area contributed by atoms with Crippen LogP contribution in [0.1, 0.15) is 33.6 Å². The molecule has 0 unspecified atom stereocenters. The van der Waals surface area contributed by atoms with Gasteiger partial charge >= 0.3 is 0 Å². The molecule has 0 heterocycles. The fraction of sp³-hybridized carbons (Fsp3) is 0.889. The molecule has 0 spiro atoms. The second-order valence-corrected chi connectivity index (χ2v) is 5.15. The Morgan fingerprint density at radius 1 is 1.29 bits per heavy atom. The van der Waals surface area contributed by atoms with Gasteiger partial charge < -0.3 is 0 Å². The first kappa shape index (κ1) is 13.6. The van der Waals surface area contributed by atoms with Crippen molar-refractivity contribution in [3.63, 3.8) is 0 Å². The van der Waals surface area contributed by atoms with Crippen LogP contribution in [0, 0.1) is 5.41 Å². The van der Waals surface area contributed by atoms with E-state index in [2.05, 4.69) is 4.18 Å². The molecule has 14 heavy (non-hydrogen) atoms. The van der Waals surface area contributed by atoms with Crippen molar-refractivity contribution in [1.29, 1.82) is 0 Å². The van der Waals surface area contributed by atoms with Gasteiger partial charge in [0.05, 0.1) is 18.3 Å². The number of carbonyl (C=O) groups is 1. The average molecular weight is 222 g/mol. The number of rotatable bonds is 6. The highest BCUT2D eigenvalue weighted by Crippen LogP contribution is 2.28. The Kier molecular flexibility index (Phi) is 4.74. The lowest BCUT2D eigenvalue weighted by Crippen LogP contribution is -2.34. The Bertz CT molecular complexity index is 288. The summed E-state index contributed by atoms with van der Waals surface area (Å²) >= 11 is 0. The van der Waals surface area contributed by atoms with Crippen molar-refractivity contribution in [1.82, 2.24) is 0 Å². The Balaban J connectivity index is 4.61. The Labute approximate surface area is 85.8 Å². The van der Waals surface area contributed by atoms with E-state index in [4.69, 9.17) is 0 Å². The first-order chi connectivity index (χ1) is 6.27. The van der Waals surface area contributed by atoms with Gasteiger partial charge in [-0.25, -0.2) is 0 Å². The van der Waals surface area contributed by atoms with Crippen molar-refractivity contribution in [2.45, 2.75) is 33.6 Å². The van der Waals surface area contributed by atoms with E-state index in [-0.39, 0.29) is 12.4 Å². The Morgan fingerprint density at radius 3 is 1.93 bits per heavy atom. The van der Waals surface area contributed by atoms with Crippen LogP contribution in [0.2, 0.25) is 0 Å². The molecule has 0 fully saturated rings. The Hall–Kier alpha value is -0.420. The van der Waals surface area contributed by atoms with Crippen LogP contribution in [0.15, 0.2) is 0 Å². The van der Waals surface area contributed by atoms with Gasteiger partial charge in [0, 0.05) is 0 Å². The van der Waals surface area contributed by atoms with Crippen molar-refractivity contribution in [2.75, 3.05) is 12.9 Å². The predicted octanol–water partition coefficient (Wildman–Crippen LogP) is 1.36. The monoisotopic (exact) mass is 222 g/mol. The summed E-state index contributed by atoms with van der Waals surface area (Å²) in [6, 6.07) is 0. The lowest BCUT2D eigenvalue weighted by atomic mass is 9.80. The molecule has 5 heteroatoms. The zero-order valence-electron chi connectivity index (χ0n) is 9.16. The third kappa shape index (κ3) is 3.75. The van der Waals surface area contributed by atoms with E-state index in [0.717, 1.165) is 6.26 Å². The minimum absolute atomic E-state index is 0.0221. The summed E-state index contributed by atoms with van der Waals surface area (Å²) in [6.07, 6.45) is 2.17. The first-order valence-electron chi connectivity index (χ1n) is 4.63. The third-order valence-electron chi connectivity index (χ3n) is 2.65. The standard InChI is InChI=1S/C9H18O4S/c1-5-9(6-2,8(3)10)7-13-14(4,11)12/h5-7H2,1-4H3. The first-order valence-corrected chi connectivity index (χ1v) is 6.44. The van der Waals surface area contributed by atoms with Crippen LogP contribution in [0.25, 0.3) is 0 Å². The molecule has 0 radical (unpaired) electrons. The highest BCUT2D eigenvalue weighted by molar-refractivity contribution is 7.85. The molecular formula is C9H18O4S. The SMILES string of the molecule is CCC(CC)(COS(C)(=O)=O)C(C)=O. The van der Waals surface area contributed by atoms with Gasteiger partial charge in [-0.1, -0.05) is 13.8 Å². The quantitative estimate of drug-likeness (QED) is 0.637. The molecule has 0 aliphatic carbocycles. The van der Waals surface area contributed by atoms with Crippen LogP contribution >= 0.6 is 0 Å². The topological polar surface area (TPSA) is 60.4 Å². The van der Waals surface area contributed by atoms with Gasteiger partial charge in [-0.05, 0) is 19.8 Å². The molecule has 0 saturated heterocycles. The van der Waals surface area contributed by atoms with Gasteiger partial charge in [-0.3, -0.25) is 8.98 Å². The number of hydrogen-bond acceptors (Lipinski definition) is 4. The zero-order valence-corrected chi connectivity index (χ0v) is 9.98. The van der Waals surface area contributed by atoms with E-state index >= 15 is 0 Å². The van der Waals surface area contributed by atoms with E-state index in [1.165, 1.54) is 6.92 Å². The van der Waals surface area contributed by atoms with Gasteiger partial charge in [0.1, 0.15) is 5.78 Å². The molecule has 0 amide bonds. The van der Waals surface area contributed by atoms with Gasteiger partial charge in [-0.15, -0.1) is 0 Å². The van der Waals surface area contributed by atoms with E-state index in [1.54, 1.807) is 0 Å². The van der Waals surface area contributed by atoms with Gasteiger partial charge in [0.2, 0.25) is 0 Å². The maximum absolute atomic E-state index is 11.4. The van der Waals surface area contributed by atoms with Crippen LogP contribution in [-0.2, 0) is 19.1 Å². The third-order valence-corrected chi connectivity index (χ3v) is 3.20. The average Bonchev–Trinajstić information content (AvgIpc) is 2.04. The van der Waals surface area contributed by atoms with Crippen molar-refractivity contribution in [3.05, 3.63) is 0 Å². The molecule has 0 atom stereocenters. The zero-order chi connectivity index (χ0) is 11.4. The summed E-state index contributed by atoms with van der Waals surface area (Å²) in [5, 5.41) is 0. The summed E-state index contributed by atoms with van der Waals surface area (Å²) in [4.78, 5) is 11.4. The van der Waals surface area contributed by atoms with E-state index < -0.39 is 15.5 Å². The number of ketones is 1. The molecule has 0 aromatic heterocycles. The highest BCUT2D eigenvalue weighted by Gasteiger charge is 2.33. The van der Waals surface area contributed by atoms with Crippen LogP contribution in [0.4, 0.5) is 0 Å². The molecule has 0 aliphatic rings. The molecule has 0 aromatic carbocycles. The molecule has 0 aromatic rings. The van der Waals surface area contributed by atoms with E-state index in [1.807, 2.05) is 13.8 Å². The maximum atomic E-state index is 11.4. The predicted molar refractivity (Wildman–Crippen MR) is 54.5 cm³/mol. The molecular weight excluding hydrogens is 204 g/mol. The second kappa shape index (κ2) is 4.89. The minimum Gasteiger partial charge on any atom is -0.299 e. The van der Waals surface area contributed by atoms with Gasteiger partial charge in [-0.2, -0.15) is 8.42 Å². The summed E-state index contributed by atoms with van der Waals surface area (Å²) in [7, 11) is -3.46. The van der Waals surface area contributed by atoms with Gasteiger partial charge in [0.15, 0.2) is 0 Å². The van der Waals surface area contributed by atoms with Crippen LogP contribution in [0.5, 0.6) is 0 Å². The largest absolute Gasteiger partial charge is 0.299 e. The summed E-state index contributed by atoms with van der Waals surface area (Å²) < 4.78 is 26.3. The van der Waals surface area contributed by atoms with Crippen molar-refractivity contribution >= 4 is 15.9 Å². The van der Waals surface area contributed by atoms with Crippen LogP contribution in [-0.4, -0.2) is 27.1 Å².